The average Bonchev–Trinajstić information content (AvgIpc) is 2.64. The maximum atomic E-state index is 11.9. The molecule has 0 aliphatic carbocycles. The molecule has 0 bridgehead atoms. The fourth-order valence-corrected chi connectivity index (χ4v) is 2.45. The molecule has 0 aliphatic heterocycles. The molecular formula is C21H25N3O3. The quantitative estimate of drug-likeness (QED) is 0.553. The van der Waals surface area contributed by atoms with Gasteiger partial charge in [0, 0.05) is 18.5 Å². The first-order valence-electron chi connectivity index (χ1n) is 8.90. The molecule has 27 heavy (non-hydrogen) atoms. The van der Waals surface area contributed by atoms with Gasteiger partial charge in [0.25, 0.3) is 0 Å². The number of amides is 2. The Morgan fingerprint density at radius 3 is 2.41 bits per heavy atom. The van der Waals surface area contributed by atoms with Crippen LogP contribution < -0.4 is 15.5 Å². The number of ether oxygens (including phenoxy) is 1. The zero-order valence-corrected chi connectivity index (χ0v) is 15.9. The third-order valence-corrected chi connectivity index (χ3v) is 3.85. The van der Waals surface area contributed by atoms with Crippen LogP contribution in [0.5, 0.6) is 5.75 Å². The van der Waals surface area contributed by atoms with E-state index in [2.05, 4.69) is 21.9 Å². The van der Waals surface area contributed by atoms with Gasteiger partial charge in [-0.3, -0.25) is 9.59 Å². The van der Waals surface area contributed by atoms with E-state index in [-0.39, 0.29) is 24.7 Å². The van der Waals surface area contributed by atoms with Crippen LogP contribution in [0.2, 0.25) is 0 Å². The van der Waals surface area contributed by atoms with Crippen LogP contribution in [-0.2, 0) is 9.59 Å². The van der Waals surface area contributed by atoms with Crippen LogP contribution in [0.15, 0.2) is 47.6 Å². The van der Waals surface area contributed by atoms with Crippen LogP contribution in [0.3, 0.4) is 0 Å². The Morgan fingerprint density at radius 2 is 1.74 bits per heavy atom. The zero-order valence-electron chi connectivity index (χ0n) is 15.9. The number of rotatable bonds is 8. The monoisotopic (exact) mass is 367 g/mol. The molecule has 0 aliphatic rings. The Kier molecular flexibility index (Phi) is 7.55. The Labute approximate surface area is 159 Å². The van der Waals surface area contributed by atoms with Crippen molar-refractivity contribution in [1.82, 2.24) is 5.43 Å². The molecule has 0 fully saturated rings. The van der Waals surface area contributed by atoms with E-state index in [9.17, 15) is 9.59 Å². The highest BCUT2D eigenvalue weighted by Crippen LogP contribution is 2.15. The van der Waals surface area contributed by atoms with Crippen molar-refractivity contribution >= 4 is 23.7 Å². The lowest BCUT2D eigenvalue weighted by atomic mass is 10.1. The number of carbonyl (C=O) groups is 2. The van der Waals surface area contributed by atoms with Crippen molar-refractivity contribution in [1.29, 1.82) is 0 Å². The summed E-state index contributed by atoms with van der Waals surface area (Å²) >= 11 is 0. The molecule has 0 saturated carbocycles. The second-order valence-electron chi connectivity index (χ2n) is 6.16. The van der Waals surface area contributed by atoms with Gasteiger partial charge in [-0.25, -0.2) is 5.43 Å². The van der Waals surface area contributed by atoms with Gasteiger partial charge in [0.2, 0.25) is 11.8 Å². The minimum atomic E-state index is -0.308. The van der Waals surface area contributed by atoms with Gasteiger partial charge in [-0.15, -0.1) is 0 Å². The molecule has 0 aromatic heterocycles. The first kappa shape index (κ1) is 20.2. The molecule has 0 radical (unpaired) electrons. The molecular weight excluding hydrogens is 342 g/mol. The summed E-state index contributed by atoms with van der Waals surface area (Å²) in [5.74, 6) is 0.210. The number of aryl methyl sites for hydroxylation is 2. The predicted octanol–water partition coefficient (Wildman–Crippen LogP) is 3.57. The number of carbonyl (C=O) groups excluding carboxylic acids is 2. The fourth-order valence-electron chi connectivity index (χ4n) is 2.45. The molecule has 6 heteroatoms. The van der Waals surface area contributed by atoms with Gasteiger partial charge in [-0.05, 0) is 56.2 Å². The van der Waals surface area contributed by atoms with Gasteiger partial charge in [0.1, 0.15) is 5.75 Å². The third-order valence-electron chi connectivity index (χ3n) is 3.85. The summed E-state index contributed by atoms with van der Waals surface area (Å²) in [5.41, 5.74) is 6.31. The molecule has 0 atom stereocenters. The first-order chi connectivity index (χ1) is 13.0. The van der Waals surface area contributed by atoms with E-state index in [1.807, 2.05) is 32.9 Å². The number of anilines is 1. The molecule has 2 N–H and O–H groups in total. The van der Waals surface area contributed by atoms with Crippen molar-refractivity contribution in [2.45, 2.75) is 33.6 Å². The highest BCUT2D eigenvalue weighted by molar-refractivity contribution is 5.93. The van der Waals surface area contributed by atoms with E-state index < -0.39 is 0 Å². The van der Waals surface area contributed by atoms with E-state index >= 15 is 0 Å². The van der Waals surface area contributed by atoms with E-state index in [0.29, 0.717) is 12.3 Å². The van der Waals surface area contributed by atoms with Crippen molar-refractivity contribution < 1.29 is 14.3 Å². The minimum absolute atomic E-state index is 0.0626. The standard InChI is InChI=1S/C21H25N3O3/c1-4-27-19-9-7-18(8-10-19)23-20(25)11-12-21(26)24-22-14-17-6-5-15(2)13-16(17)3/h5-10,13-14H,4,11-12H2,1-3H3,(H,23,25)(H,24,26)/b22-14+. The van der Waals surface area contributed by atoms with Crippen molar-refractivity contribution in [3.8, 4) is 5.75 Å². The van der Waals surface area contributed by atoms with E-state index in [4.69, 9.17) is 4.74 Å². The Hall–Kier alpha value is -3.15. The Balaban J connectivity index is 1.74. The number of hydrogen-bond donors (Lipinski definition) is 2. The summed E-state index contributed by atoms with van der Waals surface area (Å²) < 4.78 is 5.35. The van der Waals surface area contributed by atoms with Crippen LogP contribution in [0.1, 0.15) is 36.5 Å². The van der Waals surface area contributed by atoms with Crippen LogP contribution in [-0.4, -0.2) is 24.6 Å². The molecule has 0 spiro atoms. The first-order valence-corrected chi connectivity index (χ1v) is 8.90. The lowest BCUT2D eigenvalue weighted by Crippen LogP contribution is -2.20. The van der Waals surface area contributed by atoms with Crippen LogP contribution >= 0.6 is 0 Å². The number of hydrogen-bond acceptors (Lipinski definition) is 4. The summed E-state index contributed by atoms with van der Waals surface area (Å²) in [6, 6.07) is 13.1. The highest BCUT2D eigenvalue weighted by Gasteiger charge is 2.07. The molecule has 2 amide bonds. The van der Waals surface area contributed by atoms with Crippen LogP contribution in [0.25, 0.3) is 0 Å². The number of benzene rings is 2. The summed E-state index contributed by atoms with van der Waals surface area (Å²) in [7, 11) is 0. The lowest BCUT2D eigenvalue weighted by molar-refractivity contribution is -0.124. The summed E-state index contributed by atoms with van der Waals surface area (Å²) in [5, 5.41) is 6.70. The molecule has 0 saturated heterocycles. The maximum absolute atomic E-state index is 11.9. The number of hydrazone groups is 1. The number of nitrogens with zero attached hydrogens (tertiary/aromatic N) is 1. The van der Waals surface area contributed by atoms with E-state index in [1.54, 1.807) is 30.5 Å². The third kappa shape index (κ3) is 6.93. The van der Waals surface area contributed by atoms with Crippen LogP contribution in [0, 0.1) is 13.8 Å². The normalized spacial score (nSPS) is 10.6. The summed E-state index contributed by atoms with van der Waals surface area (Å²) in [6.07, 6.45) is 1.75. The minimum Gasteiger partial charge on any atom is -0.494 e. The maximum Gasteiger partial charge on any atom is 0.240 e. The van der Waals surface area contributed by atoms with Gasteiger partial charge >= 0.3 is 0 Å². The van der Waals surface area contributed by atoms with Crippen molar-refractivity contribution in [2.75, 3.05) is 11.9 Å². The Bertz CT molecular complexity index is 814. The highest BCUT2D eigenvalue weighted by atomic mass is 16.5. The fraction of sp³-hybridized carbons (Fsp3) is 0.286. The smallest absolute Gasteiger partial charge is 0.240 e. The molecule has 6 nitrogen and oxygen atoms in total. The molecule has 142 valence electrons. The van der Waals surface area contributed by atoms with Crippen molar-refractivity contribution in [2.24, 2.45) is 5.10 Å². The molecule has 2 rings (SSSR count). The average molecular weight is 367 g/mol. The van der Waals surface area contributed by atoms with Crippen LogP contribution in [0.4, 0.5) is 5.69 Å². The van der Waals surface area contributed by atoms with E-state index in [1.165, 1.54) is 5.56 Å². The molecule has 2 aromatic carbocycles. The summed E-state index contributed by atoms with van der Waals surface area (Å²) in [6.45, 7) is 6.51. The zero-order chi connectivity index (χ0) is 19.6. The van der Waals surface area contributed by atoms with Gasteiger partial charge in [-0.1, -0.05) is 23.8 Å². The SMILES string of the molecule is CCOc1ccc(NC(=O)CCC(=O)N/N=C/c2ccc(C)cc2C)cc1. The second kappa shape index (κ2) is 10.1. The lowest BCUT2D eigenvalue weighted by Gasteiger charge is -2.07. The van der Waals surface area contributed by atoms with Gasteiger partial charge in [0.05, 0.1) is 12.8 Å². The second-order valence-corrected chi connectivity index (χ2v) is 6.16. The Morgan fingerprint density at radius 1 is 1.04 bits per heavy atom. The van der Waals surface area contributed by atoms with Gasteiger partial charge in [0.15, 0.2) is 0 Å². The topological polar surface area (TPSA) is 79.8 Å². The van der Waals surface area contributed by atoms with E-state index in [0.717, 1.165) is 16.9 Å². The predicted molar refractivity (Wildman–Crippen MR) is 107 cm³/mol. The van der Waals surface area contributed by atoms with Crippen molar-refractivity contribution in [3.63, 3.8) is 0 Å². The van der Waals surface area contributed by atoms with Gasteiger partial charge < -0.3 is 10.1 Å². The largest absolute Gasteiger partial charge is 0.494 e. The number of nitrogens with one attached hydrogen (secondary N) is 2. The molecule has 2 aromatic rings. The summed E-state index contributed by atoms with van der Waals surface area (Å²) in [4.78, 5) is 23.8. The van der Waals surface area contributed by atoms with Gasteiger partial charge in [-0.2, -0.15) is 5.10 Å². The molecule has 0 unspecified atom stereocenters. The van der Waals surface area contributed by atoms with Crippen molar-refractivity contribution in [3.05, 3.63) is 59.2 Å². The molecule has 0 heterocycles.